The van der Waals surface area contributed by atoms with Gasteiger partial charge in [0.1, 0.15) is 6.10 Å². The van der Waals surface area contributed by atoms with Crippen LogP contribution in [0.15, 0.2) is 24.3 Å². The zero-order chi connectivity index (χ0) is 38.2. The average Bonchev–Trinajstić information content (AvgIpc) is 3.17. The third-order valence-electron chi connectivity index (χ3n) is 9.74. The minimum absolute atomic E-state index is 0.0193. The summed E-state index contributed by atoms with van der Waals surface area (Å²) < 4.78 is 34.7. The van der Waals surface area contributed by atoms with Gasteiger partial charge in [0.25, 0.3) is 0 Å². The van der Waals surface area contributed by atoms with Crippen molar-refractivity contribution < 1.29 is 28.4 Å². The fraction of sp³-hybridized carbons (Fsp3) is 0.915. The summed E-state index contributed by atoms with van der Waals surface area (Å²) >= 11 is 0. The third-order valence-corrected chi connectivity index (χ3v) is 9.74. The van der Waals surface area contributed by atoms with Crippen LogP contribution in [0.25, 0.3) is 0 Å². The highest BCUT2D eigenvalue weighted by atomic mass is 16.6. The van der Waals surface area contributed by atoms with Crippen molar-refractivity contribution in [1.82, 2.24) is 0 Å². The smallest absolute Gasteiger partial charge is 0.104 e. The van der Waals surface area contributed by atoms with Crippen LogP contribution in [0.3, 0.4) is 0 Å². The van der Waals surface area contributed by atoms with Gasteiger partial charge in [-0.05, 0) is 71.1 Å². The number of allylic oxidation sites excluding steroid dienone is 4. The van der Waals surface area contributed by atoms with E-state index in [1.807, 2.05) is 6.92 Å². The molecule has 0 aliphatic rings. The van der Waals surface area contributed by atoms with Gasteiger partial charge in [-0.3, -0.25) is 0 Å². The molecular weight excluding hydrogens is 661 g/mol. The molecule has 0 fully saturated rings. The SMILES string of the molecule is CCCCCCCC/C=C\CCCCCCCCOCC(COCCOCCOCCOCC)OCCCCCCCC/C=C\CCCCCCCC. The Morgan fingerprint density at radius 1 is 0.302 bits per heavy atom. The summed E-state index contributed by atoms with van der Waals surface area (Å²) in [4.78, 5) is 0. The van der Waals surface area contributed by atoms with Crippen LogP contribution in [0.4, 0.5) is 0 Å². The molecule has 1 atom stereocenters. The number of hydrogen-bond acceptors (Lipinski definition) is 6. The average molecular weight is 753 g/mol. The summed E-state index contributed by atoms with van der Waals surface area (Å²) in [6.45, 7) is 13.6. The molecule has 0 rings (SSSR count). The summed E-state index contributed by atoms with van der Waals surface area (Å²) in [6, 6.07) is 0. The maximum atomic E-state index is 6.25. The van der Waals surface area contributed by atoms with Crippen molar-refractivity contribution in [3.63, 3.8) is 0 Å². The Hall–Kier alpha value is -0.760. The van der Waals surface area contributed by atoms with E-state index in [0.29, 0.717) is 52.9 Å². The molecule has 0 N–H and O–H groups in total. The van der Waals surface area contributed by atoms with Crippen molar-refractivity contribution in [3.05, 3.63) is 24.3 Å². The molecule has 1 unspecified atom stereocenters. The standard InChI is InChI=1S/C47H92O6/c1-4-7-9-11-13-15-17-19-21-23-25-27-29-31-33-35-37-51-45-47(46-52-44-43-50-42-41-49-40-39-48-6-3)53-38-36-34-32-30-28-26-24-22-20-18-16-14-12-10-8-5-2/h19-22,47H,4-18,23-46H2,1-3H3/b21-19-,22-20-. The van der Waals surface area contributed by atoms with Gasteiger partial charge in [-0.25, -0.2) is 0 Å². The van der Waals surface area contributed by atoms with Crippen LogP contribution in [0, 0.1) is 0 Å². The van der Waals surface area contributed by atoms with Crippen molar-refractivity contribution >= 4 is 0 Å². The van der Waals surface area contributed by atoms with Gasteiger partial charge in [0.2, 0.25) is 0 Å². The van der Waals surface area contributed by atoms with Crippen LogP contribution in [0.2, 0.25) is 0 Å². The molecule has 0 bridgehead atoms. The second kappa shape index (κ2) is 49.3. The van der Waals surface area contributed by atoms with Gasteiger partial charge in [0.15, 0.2) is 0 Å². The van der Waals surface area contributed by atoms with E-state index in [1.54, 1.807) is 0 Å². The molecule has 0 aromatic carbocycles. The van der Waals surface area contributed by atoms with E-state index in [2.05, 4.69) is 38.2 Å². The Morgan fingerprint density at radius 3 is 1.04 bits per heavy atom. The minimum atomic E-state index is -0.0193. The van der Waals surface area contributed by atoms with Crippen molar-refractivity contribution in [1.29, 1.82) is 0 Å². The first-order chi connectivity index (χ1) is 26.3. The first kappa shape index (κ1) is 52.2. The Labute approximate surface area is 331 Å². The van der Waals surface area contributed by atoms with Crippen LogP contribution >= 0.6 is 0 Å². The summed E-state index contributed by atoms with van der Waals surface area (Å²) in [6.07, 6.45) is 46.6. The Balaban J connectivity index is 3.95. The van der Waals surface area contributed by atoms with Crippen molar-refractivity contribution in [2.75, 3.05) is 72.7 Å². The van der Waals surface area contributed by atoms with E-state index < -0.39 is 0 Å². The second-order valence-electron chi connectivity index (χ2n) is 14.9. The molecule has 316 valence electrons. The van der Waals surface area contributed by atoms with E-state index in [9.17, 15) is 0 Å². The van der Waals surface area contributed by atoms with Gasteiger partial charge in [-0.2, -0.15) is 0 Å². The van der Waals surface area contributed by atoms with E-state index in [-0.39, 0.29) is 6.10 Å². The fourth-order valence-corrected chi connectivity index (χ4v) is 6.33. The summed E-state index contributed by atoms with van der Waals surface area (Å²) in [5, 5.41) is 0. The molecule has 53 heavy (non-hydrogen) atoms. The zero-order valence-electron chi connectivity index (χ0n) is 35.9. The Bertz CT molecular complexity index is 699. The lowest BCUT2D eigenvalue weighted by Gasteiger charge is -2.18. The maximum Gasteiger partial charge on any atom is 0.104 e. The first-order valence-corrected chi connectivity index (χ1v) is 23.1. The molecule has 0 aromatic heterocycles. The highest BCUT2D eigenvalue weighted by molar-refractivity contribution is 4.82. The van der Waals surface area contributed by atoms with Gasteiger partial charge >= 0.3 is 0 Å². The predicted octanol–water partition coefficient (Wildman–Crippen LogP) is 13.5. The molecule has 0 heterocycles. The van der Waals surface area contributed by atoms with Gasteiger partial charge in [0.05, 0.1) is 52.9 Å². The van der Waals surface area contributed by atoms with Gasteiger partial charge < -0.3 is 28.4 Å². The quantitative estimate of drug-likeness (QED) is 0.0456. The first-order valence-electron chi connectivity index (χ1n) is 23.1. The van der Waals surface area contributed by atoms with Crippen LogP contribution in [-0.4, -0.2) is 78.8 Å². The van der Waals surface area contributed by atoms with Crippen LogP contribution in [0.5, 0.6) is 0 Å². The van der Waals surface area contributed by atoms with Crippen molar-refractivity contribution in [2.45, 2.75) is 207 Å². The second-order valence-corrected chi connectivity index (χ2v) is 14.9. The van der Waals surface area contributed by atoms with E-state index >= 15 is 0 Å². The zero-order valence-corrected chi connectivity index (χ0v) is 35.9. The summed E-state index contributed by atoms with van der Waals surface area (Å²) in [5.41, 5.74) is 0. The fourth-order valence-electron chi connectivity index (χ4n) is 6.33. The molecule has 0 saturated carbocycles. The van der Waals surface area contributed by atoms with E-state index in [1.165, 1.54) is 167 Å². The normalized spacial score (nSPS) is 12.6. The number of unbranched alkanes of at least 4 members (excludes halogenated alkanes) is 24. The molecular formula is C47H92O6. The molecule has 0 aliphatic carbocycles. The Kier molecular flexibility index (Phi) is 48.6. The molecule has 0 saturated heterocycles. The highest BCUT2D eigenvalue weighted by Crippen LogP contribution is 2.12. The van der Waals surface area contributed by atoms with Crippen LogP contribution < -0.4 is 0 Å². The van der Waals surface area contributed by atoms with Crippen LogP contribution in [0.1, 0.15) is 201 Å². The summed E-state index contributed by atoms with van der Waals surface area (Å²) in [5.74, 6) is 0. The lowest BCUT2D eigenvalue weighted by atomic mass is 10.1. The van der Waals surface area contributed by atoms with E-state index in [0.717, 1.165) is 32.7 Å². The largest absolute Gasteiger partial charge is 0.379 e. The molecule has 0 radical (unpaired) electrons. The van der Waals surface area contributed by atoms with Crippen molar-refractivity contribution in [3.8, 4) is 0 Å². The van der Waals surface area contributed by atoms with Gasteiger partial charge in [-0.1, -0.05) is 154 Å². The molecule has 6 nitrogen and oxygen atoms in total. The number of ether oxygens (including phenoxy) is 6. The Morgan fingerprint density at radius 2 is 0.623 bits per heavy atom. The molecule has 0 amide bonds. The third kappa shape index (κ3) is 47.3. The molecule has 0 aromatic rings. The molecule has 0 spiro atoms. The lowest BCUT2D eigenvalue weighted by molar-refractivity contribution is -0.0700. The topological polar surface area (TPSA) is 55.4 Å². The molecule has 0 aliphatic heterocycles. The van der Waals surface area contributed by atoms with Gasteiger partial charge in [-0.15, -0.1) is 0 Å². The minimum Gasteiger partial charge on any atom is -0.379 e. The maximum absolute atomic E-state index is 6.25. The number of rotatable bonds is 47. The summed E-state index contributed by atoms with van der Waals surface area (Å²) in [7, 11) is 0. The van der Waals surface area contributed by atoms with Crippen molar-refractivity contribution in [2.24, 2.45) is 0 Å². The van der Waals surface area contributed by atoms with E-state index in [4.69, 9.17) is 28.4 Å². The molecule has 6 heteroatoms. The monoisotopic (exact) mass is 753 g/mol. The van der Waals surface area contributed by atoms with Gasteiger partial charge in [0, 0.05) is 19.8 Å². The number of hydrogen-bond donors (Lipinski definition) is 0. The highest BCUT2D eigenvalue weighted by Gasteiger charge is 2.10. The van der Waals surface area contributed by atoms with Crippen LogP contribution in [-0.2, 0) is 28.4 Å². The predicted molar refractivity (Wildman–Crippen MR) is 228 cm³/mol. The lowest BCUT2D eigenvalue weighted by Crippen LogP contribution is -2.27.